The highest BCUT2D eigenvalue weighted by atomic mass is 35.5. The summed E-state index contributed by atoms with van der Waals surface area (Å²) in [5, 5.41) is 1.41. The number of halogens is 1. The SMILES string of the molecule is COCc1c(C(=O)Oc2ccc(Cl)cc2)oc2ccccc12. The Balaban J connectivity index is 1.96. The predicted molar refractivity (Wildman–Crippen MR) is 83.3 cm³/mol. The molecule has 3 aromatic rings. The Kier molecular flexibility index (Phi) is 4.13. The van der Waals surface area contributed by atoms with Crippen LogP contribution in [-0.2, 0) is 11.3 Å². The van der Waals surface area contributed by atoms with E-state index in [1.54, 1.807) is 37.4 Å². The largest absolute Gasteiger partial charge is 0.449 e. The van der Waals surface area contributed by atoms with E-state index in [2.05, 4.69) is 0 Å². The molecule has 0 spiro atoms. The van der Waals surface area contributed by atoms with Gasteiger partial charge in [-0.3, -0.25) is 0 Å². The van der Waals surface area contributed by atoms with Crippen molar-refractivity contribution in [2.45, 2.75) is 6.61 Å². The van der Waals surface area contributed by atoms with Crippen molar-refractivity contribution >= 4 is 28.5 Å². The summed E-state index contributed by atoms with van der Waals surface area (Å²) in [6, 6.07) is 14.0. The quantitative estimate of drug-likeness (QED) is 0.527. The number of hydrogen-bond donors (Lipinski definition) is 0. The number of esters is 1. The Hall–Kier alpha value is -2.30. The first-order chi connectivity index (χ1) is 10.7. The van der Waals surface area contributed by atoms with E-state index in [1.165, 1.54) is 0 Å². The van der Waals surface area contributed by atoms with Crippen LogP contribution in [0.15, 0.2) is 52.9 Å². The van der Waals surface area contributed by atoms with Gasteiger partial charge in [0.05, 0.1) is 6.61 Å². The van der Waals surface area contributed by atoms with Gasteiger partial charge in [-0.05, 0) is 30.3 Å². The lowest BCUT2D eigenvalue weighted by Crippen LogP contribution is -2.10. The Labute approximate surface area is 132 Å². The maximum Gasteiger partial charge on any atom is 0.380 e. The van der Waals surface area contributed by atoms with Crippen LogP contribution in [0.2, 0.25) is 5.02 Å². The third kappa shape index (κ3) is 2.84. The normalized spacial score (nSPS) is 10.8. The van der Waals surface area contributed by atoms with Crippen molar-refractivity contribution in [1.82, 2.24) is 0 Å². The molecule has 0 aliphatic heterocycles. The highest BCUT2D eigenvalue weighted by Gasteiger charge is 2.22. The van der Waals surface area contributed by atoms with Gasteiger partial charge in [0, 0.05) is 23.1 Å². The Morgan fingerprint density at radius 3 is 2.59 bits per heavy atom. The molecule has 0 bridgehead atoms. The van der Waals surface area contributed by atoms with Crippen molar-refractivity contribution in [1.29, 1.82) is 0 Å². The van der Waals surface area contributed by atoms with E-state index in [1.807, 2.05) is 18.2 Å². The first kappa shape index (κ1) is 14.6. The van der Waals surface area contributed by atoms with Gasteiger partial charge in [0.2, 0.25) is 5.76 Å². The minimum atomic E-state index is -0.564. The zero-order valence-electron chi connectivity index (χ0n) is 11.8. The van der Waals surface area contributed by atoms with Crippen LogP contribution < -0.4 is 4.74 Å². The van der Waals surface area contributed by atoms with Crippen LogP contribution in [-0.4, -0.2) is 13.1 Å². The average Bonchev–Trinajstić information content (AvgIpc) is 2.89. The average molecular weight is 317 g/mol. The third-order valence-electron chi connectivity index (χ3n) is 3.20. The standard InChI is InChI=1S/C17H13ClO4/c1-20-10-14-13-4-2-3-5-15(13)22-16(14)17(19)21-12-8-6-11(18)7-9-12/h2-9H,10H2,1H3. The monoisotopic (exact) mass is 316 g/mol. The van der Waals surface area contributed by atoms with Crippen molar-refractivity contribution in [2.24, 2.45) is 0 Å². The lowest BCUT2D eigenvalue weighted by atomic mass is 10.1. The molecule has 22 heavy (non-hydrogen) atoms. The molecule has 0 saturated carbocycles. The van der Waals surface area contributed by atoms with Gasteiger partial charge in [-0.1, -0.05) is 29.8 Å². The number of carbonyl (C=O) groups is 1. The number of methoxy groups -OCH3 is 1. The minimum Gasteiger partial charge on any atom is -0.449 e. The van der Waals surface area contributed by atoms with Gasteiger partial charge in [-0.15, -0.1) is 0 Å². The summed E-state index contributed by atoms with van der Waals surface area (Å²) in [5.41, 5.74) is 1.30. The van der Waals surface area contributed by atoms with E-state index in [0.717, 1.165) is 5.39 Å². The second-order valence-corrected chi connectivity index (χ2v) is 5.12. The zero-order valence-corrected chi connectivity index (χ0v) is 12.6. The molecule has 0 radical (unpaired) electrons. The number of rotatable bonds is 4. The van der Waals surface area contributed by atoms with Gasteiger partial charge in [0.1, 0.15) is 11.3 Å². The van der Waals surface area contributed by atoms with Crippen LogP contribution in [0.25, 0.3) is 11.0 Å². The summed E-state index contributed by atoms with van der Waals surface area (Å²) in [7, 11) is 1.57. The van der Waals surface area contributed by atoms with Crippen molar-refractivity contribution < 1.29 is 18.7 Å². The number of para-hydroxylation sites is 1. The summed E-state index contributed by atoms with van der Waals surface area (Å²) in [5.74, 6) is -0.0122. The Morgan fingerprint density at radius 1 is 1.14 bits per heavy atom. The van der Waals surface area contributed by atoms with Crippen LogP contribution in [0.5, 0.6) is 5.75 Å². The highest BCUT2D eigenvalue weighted by Crippen LogP contribution is 2.28. The molecule has 2 aromatic carbocycles. The second-order valence-electron chi connectivity index (χ2n) is 4.68. The van der Waals surface area contributed by atoms with Crippen LogP contribution >= 0.6 is 11.6 Å². The topological polar surface area (TPSA) is 48.7 Å². The van der Waals surface area contributed by atoms with E-state index in [9.17, 15) is 4.79 Å². The number of benzene rings is 2. The molecule has 0 fully saturated rings. The summed E-state index contributed by atoms with van der Waals surface area (Å²) in [6.07, 6.45) is 0. The second kappa shape index (κ2) is 6.22. The molecule has 0 unspecified atom stereocenters. The highest BCUT2D eigenvalue weighted by molar-refractivity contribution is 6.30. The van der Waals surface area contributed by atoms with Crippen molar-refractivity contribution in [3.05, 3.63) is 64.9 Å². The predicted octanol–water partition coefficient (Wildman–Crippen LogP) is 4.45. The van der Waals surface area contributed by atoms with Gasteiger partial charge in [-0.25, -0.2) is 4.79 Å². The molecule has 0 amide bonds. The maximum absolute atomic E-state index is 12.4. The van der Waals surface area contributed by atoms with E-state index >= 15 is 0 Å². The molecule has 1 aromatic heterocycles. The fourth-order valence-electron chi connectivity index (χ4n) is 2.21. The molecule has 4 nitrogen and oxygen atoms in total. The molecule has 3 rings (SSSR count). The first-order valence-electron chi connectivity index (χ1n) is 6.66. The van der Waals surface area contributed by atoms with E-state index in [0.29, 0.717) is 21.9 Å². The molecule has 0 atom stereocenters. The minimum absolute atomic E-state index is 0.151. The number of hydrogen-bond acceptors (Lipinski definition) is 4. The molecule has 5 heteroatoms. The summed E-state index contributed by atoms with van der Waals surface area (Å²) in [4.78, 5) is 12.4. The molecule has 0 N–H and O–H groups in total. The lowest BCUT2D eigenvalue weighted by Gasteiger charge is -2.04. The molecule has 0 aliphatic carbocycles. The van der Waals surface area contributed by atoms with Gasteiger partial charge >= 0.3 is 5.97 Å². The number of furan rings is 1. The maximum atomic E-state index is 12.4. The van der Waals surface area contributed by atoms with Crippen molar-refractivity contribution in [2.75, 3.05) is 7.11 Å². The van der Waals surface area contributed by atoms with Gasteiger partial charge in [0.25, 0.3) is 0 Å². The molecule has 1 heterocycles. The molecular formula is C17H13ClO4. The third-order valence-corrected chi connectivity index (χ3v) is 3.45. The van der Waals surface area contributed by atoms with Gasteiger partial charge in [-0.2, -0.15) is 0 Å². The van der Waals surface area contributed by atoms with Gasteiger partial charge < -0.3 is 13.9 Å². The van der Waals surface area contributed by atoms with E-state index in [4.69, 9.17) is 25.5 Å². The van der Waals surface area contributed by atoms with E-state index < -0.39 is 5.97 Å². The Morgan fingerprint density at radius 2 is 1.86 bits per heavy atom. The van der Waals surface area contributed by atoms with Crippen molar-refractivity contribution in [3.63, 3.8) is 0 Å². The smallest absolute Gasteiger partial charge is 0.380 e. The Bertz CT molecular complexity index is 805. The van der Waals surface area contributed by atoms with Crippen LogP contribution in [0.4, 0.5) is 0 Å². The van der Waals surface area contributed by atoms with Crippen molar-refractivity contribution in [3.8, 4) is 5.75 Å². The van der Waals surface area contributed by atoms with Crippen LogP contribution in [0, 0.1) is 0 Å². The van der Waals surface area contributed by atoms with Crippen LogP contribution in [0.3, 0.4) is 0 Å². The first-order valence-corrected chi connectivity index (χ1v) is 7.04. The number of ether oxygens (including phenoxy) is 2. The fraction of sp³-hybridized carbons (Fsp3) is 0.118. The summed E-state index contributed by atoms with van der Waals surface area (Å²) < 4.78 is 16.1. The molecular weight excluding hydrogens is 304 g/mol. The number of fused-ring (bicyclic) bond motifs is 1. The molecule has 112 valence electrons. The zero-order chi connectivity index (χ0) is 15.5. The number of carbonyl (C=O) groups excluding carboxylic acids is 1. The molecule has 0 saturated heterocycles. The lowest BCUT2D eigenvalue weighted by molar-refractivity contribution is 0.0697. The van der Waals surface area contributed by atoms with Crippen LogP contribution in [0.1, 0.15) is 16.1 Å². The van der Waals surface area contributed by atoms with Gasteiger partial charge in [0.15, 0.2) is 0 Å². The summed E-state index contributed by atoms with van der Waals surface area (Å²) >= 11 is 5.81. The summed E-state index contributed by atoms with van der Waals surface area (Å²) in [6.45, 7) is 0.266. The fourth-order valence-corrected chi connectivity index (χ4v) is 2.33. The molecule has 0 aliphatic rings. The van der Waals surface area contributed by atoms with E-state index in [-0.39, 0.29) is 12.4 Å².